The summed E-state index contributed by atoms with van der Waals surface area (Å²) >= 11 is 0. The number of ether oxygens (including phenoxy) is 1. The molecule has 0 unspecified atom stereocenters. The average Bonchev–Trinajstić information content (AvgIpc) is 3.07. The molecule has 0 spiro atoms. The van der Waals surface area contributed by atoms with Crippen molar-refractivity contribution >= 4 is 21.4 Å². The first-order valence-corrected chi connectivity index (χ1v) is 10.8. The first-order chi connectivity index (χ1) is 12.4. The predicted molar refractivity (Wildman–Crippen MR) is 102 cm³/mol. The van der Waals surface area contributed by atoms with E-state index in [2.05, 4.69) is 5.32 Å². The van der Waals surface area contributed by atoms with Crippen molar-refractivity contribution in [3.05, 3.63) is 59.7 Å². The Labute approximate surface area is 154 Å². The van der Waals surface area contributed by atoms with Gasteiger partial charge in [-0.1, -0.05) is 18.2 Å². The molecule has 1 saturated carbocycles. The fourth-order valence-corrected chi connectivity index (χ4v) is 3.90. The molecular weight excluding hydrogens is 350 g/mol. The summed E-state index contributed by atoms with van der Waals surface area (Å²) < 4.78 is 28.6. The van der Waals surface area contributed by atoms with Crippen molar-refractivity contribution in [2.45, 2.75) is 37.5 Å². The molecule has 1 N–H and O–H groups in total. The van der Waals surface area contributed by atoms with Crippen LogP contribution in [0.3, 0.4) is 0 Å². The van der Waals surface area contributed by atoms with Crippen LogP contribution in [-0.4, -0.2) is 26.7 Å². The molecule has 1 amide bonds. The summed E-state index contributed by atoms with van der Waals surface area (Å²) in [4.78, 5) is 12.4. The van der Waals surface area contributed by atoms with Gasteiger partial charge in [0.2, 0.25) is 0 Å². The van der Waals surface area contributed by atoms with Crippen LogP contribution in [0, 0.1) is 0 Å². The Kier molecular flexibility index (Phi) is 5.61. The van der Waals surface area contributed by atoms with Gasteiger partial charge in [0.25, 0.3) is 5.91 Å². The van der Waals surface area contributed by atoms with E-state index in [1.54, 1.807) is 24.3 Å². The SMILES string of the molecule is CS(=O)(=O)Cc1ccc(C(=O)Nc2cccc(OC3CCCC3)c2)cc1. The number of carbonyl (C=O) groups is 1. The monoisotopic (exact) mass is 373 g/mol. The molecule has 0 aliphatic heterocycles. The predicted octanol–water partition coefficient (Wildman–Crippen LogP) is 3.80. The molecule has 0 heterocycles. The summed E-state index contributed by atoms with van der Waals surface area (Å²) in [6.07, 6.45) is 6.02. The molecule has 26 heavy (non-hydrogen) atoms. The van der Waals surface area contributed by atoms with Crippen LogP contribution in [0.5, 0.6) is 5.75 Å². The molecule has 2 aromatic carbocycles. The first kappa shape index (κ1) is 18.5. The highest BCUT2D eigenvalue weighted by Gasteiger charge is 2.16. The minimum atomic E-state index is -3.09. The van der Waals surface area contributed by atoms with E-state index in [0.29, 0.717) is 16.8 Å². The molecule has 5 nitrogen and oxygen atoms in total. The number of anilines is 1. The molecule has 138 valence electrons. The van der Waals surface area contributed by atoms with Crippen LogP contribution in [0.2, 0.25) is 0 Å². The zero-order chi connectivity index (χ0) is 18.6. The summed E-state index contributed by atoms with van der Waals surface area (Å²) in [6.45, 7) is 0. The Bertz CT molecular complexity index is 869. The lowest BCUT2D eigenvalue weighted by Crippen LogP contribution is -2.13. The van der Waals surface area contributed by atoms with Gasteiger partial charge in [-0.05, 0) is 55.5 Å². The van der Waals surface area contributed by atoms with Crippen molar-refractivity contribution < 1.29 is 17.9 Å². The number of rotatable bonds is 6. The average molecular weight is 373 g/mol. The third-order valence-electron chi connectivity index (χ3n) is 4.34. The highest BCUT2D eigenvalue weighted by Crippen LogP contribution is 2.26. The molecule has 0 atom stereocenters. The Hall–Kier alpha value is -2.34. The standard InChI is InChI=1S/C20H23NO4S/c1-26(23,24)14-15-9-11-16(12-10-15)20(22)21-17-5-4-8-19(13-17)25-18-6-2-3-7-18/h4-5,8-13,18H,2-3,6-7,14H2,1H3,(H,21,22). The number of sulfone groups is 1. The van der Waals surface area contributed by atoms with Crippen molar-refractivity contribution in [1.29, 1.82) is 0 Å². The molecule has 0 bridgehead atoms. The van der Waals surface area contributed by atoms with Crippen LogP contribution in [-0.2, 0) is 15.6 Å². The molecule has 2 aromatic rings. The first-order valence-electron chi connectivity index (χ1n) is 8.74. The number of hydrogen-bond acceptors (Lipinski definition) is 4. The third-order valence-corrected chi connectivity index (χ3v) is 5.20. The topological polar surface area (TPSA) is 72.5 Å². The Morgan fingerprint density at radius 1 is 1.12 bits per heavy atom. The van der Waals surface area contributed by atoms with Crippen molar-refractivity contribution in [1.82, 2.24) is 0 Å². The second-order valence-electron chi connectivity index (χ2n) is 6.77. The van der Waals surface area contributed by atoms with E-state index in [1.165, 1.54) is 19.1 Å². The highest BCUT2D eigenvalue weighted by atomic mass is 32.2. The number of carbonyl (C=O) groups excluding carboxylic acids is 1. The van der Waals surface area contributed by atoms with Crippen molar-refractivity contribution in [3.8, 4) is 5.75 Å². The lowest BCUT2D eigenvalue weighted by Gasteiger charge is -2.14. The van der Waals surface area contributed by atoms with Crippen LogP contribution < -0.4 is 10.1 Å². The highest BCUT2D eigenvalue weighted by molar-refractivity contribution is 7.89. The van der Waals surface area contributed by atoms with E-state index in [-0.39, 0.29) is 17.8 Å². The van der Waals surface area contributed by atoms with E-state index in [1.807, 2.05) is 24.3 Å². The molecule has 3 rings (SSSR count). The number of hydrogen-bond donors (Lipinski definition) is 1. The minimum absolute atomic E-state index is 0.0323. The lowest BCUT2D eigenvalue weighted by atomic mass is 10.1. The molecule has 6 heteroatoms. The van der Waals surface area contributed by atoms with E-state index < -0.39 is 9.84 Å². The van der Waals surface area contributed by atoms with Gasteiger partial charge in [-0.25, -0.2) is 8.42 Å². The van der Waals surface area contributed by atoms with Gasteiger partial charge in [0.15, 0.2) is 9.84 Å². The second kappa shape index (κ2) is 7.91. The second-order valence-corrected chi connectivity index (χ2v) is 8.91. The van der Waals surface area contributed by atoms with Crippen molar-refractivity contribution in [3.63, 3.8) is 0 Å². The molecule has 0 aromatic heterocycles. The third kappa shape index (κ3) is 5.33. The molecule has 1 aliphatic rings. The summed E-state index contributed by atoms with van der Waals surface area (Å²) in [5.41, 5.74) is 1.81. The van der Waals surface area contributed by atoms with E-state index in [9.17, 15) is 13.2 Å². The van der Waals surface area contributed by atoms with Gasteiger partial charge in [-0.3, -0.25) is 4.79 Å². The normalized spacial score (nSPS) is 15.0. The quantitative estimate of drug-likeness (QED) is 0.836. The molecular formula is C20H23NO4S. The maximum Gasteiger partial charge on any atom is 0.255 e. The molecule has 0 radical (unpaired) electrons. The number of benzene rings is 2. The van der Waals surface area contributed by atoms with Gasteiger partial charge >= 0.3 is 0 Å². The lowest BCUT2D eigenvalue weighted by molar-refractivity contribution is 0.102. The van der Waals surface area contributed by atoms with Crippen LogP contribution in [0.15, 0.2) is 48.5 Å². The van der Waals surface area contributed by atoms with Crippen LogP contribution in [0.4, 0.5) is 5.69 Å². The van der Waals surface area contributed by atoms with Gasteiger partial charge in [-0.15, -0.1) is 0 Å². The van der Waals surface area contributed by atoms with Crippen LogP contribution in [0.1, 0.15) is 41.6 Å². The van der Waals surface area contributed by atoms with E-state index in [0.717, 1.165) is 18.6 Å². The molecule has 1 fully saturated rings. The molecule has 0 saturated heterocycles. The van der Waals surface area contributed by atoms with Crippen LogP contribution >= 0.6 is 0 Å². The summed E-state index contributed by atoms with van der Waals surface area (Å²) in [5, 5.41) is 2.85. The largest absolute Gasteiger partial charge is 0.490 e. The zero-order valence-electron chi connectivity index (χ0n) is 14.8. The number of amides is 1. The molecule has 1 aliphatic carbocycles. The van der Waals surface area contributed by atoms with Gasteiger partial charge in [0.1, 0.15) is 5.75 Å². The van der Waals surface area contributed by atoms with Crippen LogP contribution in [0.25, 0.3) is 0 Å². The maximum absolute atomic E-state index is 12.4. The summed E-state index contributed by atoms with van der Waals surface area (Å²) in [7, 11) is -3.09. The van der Waals surface area contributed by atoms with Crippen molar-refractivity contribution in [2.75, 3.05) is 11.6 Å². The fourth-order valence-electron chi connectivity index (χ4n) is 3.10. The number of nitrogens with one attached hydrogen (secondary N) is 1. The zero-order valence-corrected chi connectivity index (χ0v) is 15.6. The van der Waals surface area contributed by atoms with E-state index in [4.69, 9.17) is 4.74 Å². The smallest absolute Gasteiger partial charge is 0.255 e. The van der Waals surface area contributed by atoms with Gasteiger partial charge < -0.3 is 10.1 Å². The Morgan fingerprint density at radius 3 is 2.46 bits per heavy atom. The van der Waals surface area contributed by atoms with Crippen molar-refractivity contribution in [2.24, 2.45) is 0 Å². The maximum atomic E-state index is 12.4. The van der Waals surface area contributed by atoms with Gasteiger partial charge in [0.05, 0.1) is 11.9 Å². The van der Waals surface area contributed by atoms with E-state index >= 15 is 0 Å². The van der Waals surface area contributed by atoms with Gasteiger partial charge in [0, 0.05) is 23.6 Å². The summed E-state index contributed by atoms with van der Waals surface area (Å²) in [6, 6.07) is 14.0. The summed E-state index contributed by atoms with van der Waals surface area (Å²) in [5.74, 6) is 0.488. The minimum Gasteiger partial charge on any atom is -0.490 e. The van der Waals surface area contributed by atoms with Gasteiger partial charge in [-0.2, -0.15) is 0 Å². The Morgan fingerprint density at radius 2 is 1.81 bits per heavy atom. The fraction of sp³-hybridized carbons (Fsp3) is 0.350. The Balaban J connectivity index is 1.64.